The van der Waals surface area contributed by atoms with Gasteiger partial charge in [0.15, 0.2) is 0 Å². The summed E-state index contributed by atoms with van der Waals surface area (Å²) in [5, 5.41) is 3.08. The lowest BCUT2D eigenvalue weighted by atomic mass is 9.95. The van der Waals surface area contributed by atoms with Crippen molar-refractivity contribution >= 4 is 5.91 Å². The molecule has 0 radical (unpaired) electrons. The summed E-state index contributed by atoms with van der Waals surface area (Å²) in [6.07, 6.45) is 3.54. The van der Waals surface area contributed by atoms with Crippen LogP contribution in [0.2, 0.25) is 0 Å². The SMILES string of the molecule is COc1cc(OC)cc(-c2cccc(C(=O)NCCC3CCCN(C)C3)c2)c1. The molecule has 1 unspecified atom stereocenters. The number of hydrogen-bond donors (Lipinski definition) is 1. The van der Waals surface area contributed by atoms with Crippen molar-refractivity contribution in [3.63, 3.8) is 0 Å². The van der Waals surface area contributed by atoms with E-state index in [-0.39, 0.29) is 5.91 Å². The Balaban J connectivity index is 1.65. The Morgan fingerprint density at radius 2 is 1.86 bits per heavy atom. The van der Waals surface area contributed by atoms with Crippen LogP contribution in [-0.2, 0) is 0 Å². The van der Waals surface area contributed by atoms with E-state index in [1.165, 1.54) is 19.4 Å². The number of likely N-dealkylation sites (tertiary alicyclic amines) is 1. The number of piperidine rings is 1. The molecule has 3 rings (SSSR count). The quantitative estimate of drug-likeness (QED) is 0.791. The fraction of sp³-hybridized carbons (Fsp3) is 0.435. The van der Waals surface area contributed by atoms with E-state index in [0.717, 1.165) is 35.6 Å². The highest BCUT2D eigenvalue weighted by Crippen LogP contribution is 2.30. The molecule has 1 atom stereocenters. The number of ether oxygens (including phenoxy) is 2. The number of nitrogens with zero attached hydrogens (tertiary/aromatic N) is 1. The Morgan fingerprint density at radius 3 is 2.54 bits per heavy atom. The molecule has 28 heavy (non-hydrogen) atoms. The summed E-state index contributed by atoms with van der Waals surface area (Å²) in [6.45, 7) is 3.03. The van der Waals surface area contributed by atoms with Gasteiger partial charge in [0.1, 0.15) is 11.5 Å². The third kappa shape index (κ3) is 5.26. The first-order valence-electron chi connectivity index (χ1n) is 9.89. The average molecular weight is 383 g/mol. The maximum absolute atomic E-state index is 12.6. The molecule has 2 aromatic carbocycles. The molecule has 1 heterocycles. The van der Waals surface area contributed by atoms with Crippen LogP contribution in [-0.4, -0.2) is 51.7 Å². The highest BCUT2D eigenvalue weighted by Gasteiger charge is 2.17. The Labute approximate surface area is 167 Å². The van der Waals surface area contributed by atoms with Gasteiger partial charge in [-0.2, -0.15) is 0 Å². The molecule has 1 amide bonds. The molecule has 0 bridgehead atoms. The highest BCUT2D eigenvalue weighted by atomic mass is 16.5. The molecule has 1 saturated heterocycles. The highest BCUT2D eigenvalue weighted by molar-refractivity contribution is 5.95. The summed E-state index contributed by atoms with van der Waals surface area (Å²) < 4.78 is 10.7. The Bertz CT molecular complexity index is 784. The molecule has 0 spiro atoms. The van der Waals surface area contributed by atoms with Crippen molar-refractivity contribution in [3.8, 4) is 22.6 Å². The number of methoxy groups -OCH3 is 2. The van der Waals surface area contributed by atoms with Crippen LogP contribution in [0.5, 0.6) is 11.5 Å². The van der Waals surface area contributed by atoms with Crippen LogP contribution in [0.25, 0.3) is 11.1 Å². The van der Waals surface area contributed by atoms with Crippen molar-refractivity contribution in [2.75, 3.05) is 40.9 Å². The van der Waals surface area contributed by atoms with Gasteiger partial charge in [-0.05, 0) is 74.2 Å². The van der Waals surface area contributed by atoms with Crippen LogP contribution < -0.4 is 14.8 Å². The van der Waals surface area contributed by atoms with E-state index >= 15 is 0 Å². The fourth-order valence-corrected chi connectivity index (χ4v) is 3.81. The minimum Gasteiger partial charge on any atom is -0.497 e. The minimum absolute atomic E-state index is 0.0270. The van der Waals surface area contributed by atoms with E-state index in [0.29, 0.717) is 18.0 Å². The minimum atomic E-state index is -0.0270. The number of nitrogens with one attached hydrogen (secondary N) is 1. The van der Waals surface area contributed by atoms with Crippen LogP contribution in [0.1, 0.15) is 29.6 Å². The van der Waals surface area contributed by atoms with Crippen LogP contribution in [0.3, 0.4) is 0 Å². The largest absolute Gasteiger partial charge is 0.497 e. The molecule has 2 aromatic rings. The zero-order valence-corrected chi connectivity index (χ0v) is 17.0. The lowest BCUT2D eigenvalue weighted by Crippen LogP contribution is -2.34. The molecule has 1 N–H and O–H groups in total. The normalized spacial score (nSPS) is 17.2. The predicted molar refractivity (Wildman–Crippen MR) is 112 cm³/mol. The topological polar surface area (TPSA) is 50.8 Å². The van der Waals surface area contributed by atoms with E-state index in [9.17, 15) is 4.79 Å². The van der Waals surface area contributed by atoms with E-state index in [4.69, 9.17) is 9.47 Å². The second-order valence-electron chi connectivity index (χ2n) is 7.50. The van der Waals surface area contributed by atoms with E-state index in [2.05, 4.69) is 17.3 Å². The number of carbonyl (C=O) groups excluding carboxylic acids is 1. The van der Waals surface area contributed by atoms with E-state index in [1.54, 1.807) is 14.2 Å². The summed E-state index contributed by atoms with van der Waals surface area (Å²) in [7, 11) is 5.43. The maximum atomic E-state index is 12.6. The Hall–Kier alpha value is -2.53. The zero-order chi connectivity index (χ0) is 19.9. The second kappa shape index (κ2) is 9.60. The molecule has 0 aromatic heterocycles. The van der Waals surface area contributed by atoms with Gasteiger partial charge < -0.3 is 19.7 Å². The van der Waals surface area contributed by atoms with Gasteiger partial charge in [-0.1, -0.05) is 12.1 Å². The van der Waals surface area contributed by atoms with Crippen molar-refractivity contribution in [3.05, 3.63) is 48.0 Å². The number of benzene rings is 2. The molecule has 1 aliphatic rings. The number of amides is 1. The van der Waals surface area contributed by atoms with Crippen molar-refractivity contribution < 1.29 is 14.3 Å². The summed E-state index contributed by atoms with van der Waals surface area (Å²) in [5.41, 5.74) is 2.58. The Morgan fingerprint density at radius 1 is 1.11 bits per heavy atom. The van der Waals surface area contributed by atoms with Crippen molar-refractivity contribution in [2.45, 2.75) is 19.3 Å². The van der Waals surface area contributed by atoms with Gasteiger partial charge in [0, 0.05) is 24.7 Å². The first-order chi connectivity index (χ1) is 13.6. The van der Waals surface area contributed by atoms with Gasteiger partial charge in [-0.25, -0.2) is 0 Å². The lowest BCUT2D eigenvalue weighted by molar-refractivity contribution is 0.0948. The van der Waals surface area contributed by atoms with Crippen molar-refractivity contribution in [1.29, 1.82) is 0 Å². The summed E-state index contributed by atoms with van der Waals surface area (Å²) in [6, 6.07) is 13.4. The fourth-order valence-electron chi connectivity index (χ4n) is 3.81. The molecule has 150 valence electrons. The van der Waals surface area contributed by atoms with E-state index in [1.807, 2.05) is 42.5 Å². The molecule has 1 aliphatic heterocycles. The number of carbonyl (C=O) groups is 1. The van der Waals surface area contributed by atoms with Gasteiger partial charge in [-0.15, -0.1) is 0 Å². The molecule has 1 fully saturated rings. The second-order valence-corrected chi connectivity index (χ2v) is 7.50. The molecular formula is C23H30N2O3. The first-order valence-corrected chi connectivity index (χ1v) is 9.89. The summed E-state index contributed by atoms with van der Waals surface area (Å²) in [5.74, 6) is 2.10. The van der Waals surface area contributed by atoms with Gasteiger partial charge in [0.2, 0.25) is 0 Å². The number of rotatable bonds is 7. The average Bonchev–Trinajstić information content (AvgIpc) is 2.73. The van der Waals surface area contributed by atoms with Crippen LogP contribution in [0.4, 0.5) is 0 Å². The van der Waals surface area contributed by atoms with Crippen LogP contribution in [0, 0.1) is 5.92 Å². The number of hydrogen-bond acceptors (Lipinski definition) is 4. The predicted octanol–water partition coefficient (Wildman–Crippen LogP) is 3.83. The molecule has 5 heteroatoms. The maximum Gasteiger partial charge on any atom is 0.251 e. The van der Waals surface area contributed by atoms with Crippen LogP contribution in [0.15, 0.2) is 42.5 Å². The third-order valence-electron chi connectivity index (χ3n) is 5.37. The summed E-state index contributed by atoms with van der Waals surface area (Å²) >= 11 is 0. The molecule has 5 nitrogen and oxygen atoms in total. The molecule has 0 saturated carbocycles. The summed E-state index contributed by atoms with van der Waals surface area (Å²) in [4.78, 5) is 15.0. The van der Waals surface area contributed by atoms with Gasteiger partial charge >= 0.3 is 0 Å². The third-order valence-corrected chi connectivity index (χ3v) is 5.37. The van der Waals surface area contributed by atoms with Crippen molar-refractivity contribution in [2.24, 2.45) is 5.92 Å². The Kier molecular flexibility index (Phi) is 6.93. The molecular weight excluding hydrogens is 352 g/mol. The lowest BCUT2D eigenvalue weighted by Gasteiger charge is -2.29. The van der Waals surface area contributed by atoms with Crippen LogP contribution >= 0.6 is 0 Å². The first kappa shape index (κ1) is 20.2. The zero-order valence-electron chi connectivity index (χ0n) is 17.0. The standard InChI is InChI=1S/C23H30N2O3/c1-25-11-5-6-17(16-25)9-10-24-23(26)19-8-4-7-18(12-19)20-13-21(27-2)15-22(14-20)28-3/h4,7-8,12-15,17H,5-6,9-11,16H2,1-3H3,(H,24,26). The molecule has 0 aliphatic carbocycles. The monoisotopic (exact) mass is 382 g/mol. The van der Waals surface area contributed by atoms with Gasteiger partial charge in [0.05, 0.1) is 14.2 Å². The smallest absolute Gasteiger partial charge is 0.251 e. The van der Waals surface area contributed by atoms with E-state index < -0.39 is 0 Å². The van der Waals surface area contributed by atoms with Crippen molar-refractivity contribution in [1.82, 2.24) is 10.2 Å². The van der Waals surface area contributed by atoms with Gasteiger partial charge in [-0.3, -0.25) is 4.79 Å². The van der Waals surface area contributed by atoms with Gasteiger partial charge in [0.25, 0.3) is 5.91 Å².